The maximum Gasteiger partial charge on any atom is 0.328 e. The van der Waals surface area contributed by atoms with Gasteiger partial charge in [0, 0.05) is 30.6 Å². The van der Waals surface area contributed by atoms with E-state index in [4.69, 9.17) is 4.52 Å². The lowest BCUT2D eigenvalue weighted by Gasteiger charge is -2.06. The summed E-state index contributed by atoms with van der Waals surface area (Å²) in [7, 11) is 0. The van der Waals surface area contributed by atoms with Gasteiger partial charge < -0.3 is 9.84 Å². The normalized spacial score (nSPS) is 14.8. The Morgan fingerprint density at radius 1 is 1.40 bits per heavy atom. The highest BCUT2D eigenvalue weighted by molar-refractivity contribution is 5.75. The molecule has 25 heavy (non-hydrogen) atoms. The number of hydrogen-bond acceptors (Lipinski definition) is 6. The molecule has 1 saturated carbocycles. The summed E-state index contributed by atoms with van der Waals surface area (Å²) in [5.41, 5.74) is -0.680. The number of carbonyl (C=O) groups excluding carboxylic acids is 1. The molecule has 0 aliphatic heterocycles. The molecule has 134 valence electrons. The minimum atomic E-state index is -0.606. The van der Waals surface area contributed by atoms with Crippen LogP contribution in [0.25, 0.3) is 0 Å². The highest BCUT2D eigenvalue weighted by Gasteiger charge is 2.22. The van der Waals surface area contributed by atoms with Crippen molar-refractivity contribution in [3.63, 3.8) is 0 Å². The number of nitrogens with one attached hydrogen (secondary N) is 2. The van der Waals surface area contributed by atoms with Crippen molar-refractivity contribution in [2.75, 3.05) is 6.54 Å². The van der Waals surface area contributed by atoms with Crippen LogP contribution in [0.15, 0.2) is 20.3 Å². The van der Waals surface area contributed by atoms with Gasteiger partial charge in [-0.05, 0) is 19.8 Å². The van der Waals surface area contributed by atoms with Crippen LogP contribution in [0, 0.1) is 6.92 Å². The molecule has 1 amide bonds. The first-order chi connectivity index (χ1) is 12.0. The van der Waals surface area contributed by atoms with Crippen LogP contribution in [-0.4, -0.2) is 32.1 Å². The van der Waals surface area contributed by atoms with Gasteiger partial charge in [0.1, 0.15) is 6.54 Å². The van der Waals surface area contributed by atoms with Crippen molar-refractivity contribution in [2.45, 2.75) is 51.5 Å². The molecule has 2 aromatic rings. The van der Waals surface area contributed by atoms with Crippen LogP contribution in [-0.2, 0) is 17.8 Å². The molecule has 0 atom stereocenters. The Labute approximate surface area is 143 Å². The molecule has 2 N–H and O–H groups in total. The molecule has 0 spiro atoms. The monoisotopic (exact) mass is 347 g/mol. The average Bonchev–Trinajstić information content (AvgIpc) is 3.23. The van der Waals surface area contributed by atoms with Crippen molar-refractivity contribution in [2.24, 2.45) is 0 Å². The third-order valence-corrected chi connectivity index (χ3v) is 4.36. The second-order valence-electron chi connectivity index (χ2n) is 6.33. The lowest BCUT2D eigenvalue weighted by atomic mass is 10.1. The summed E-state index contributed by atoms with van der Waals surface area (Å²) in [5, 5.41) is 6.65. The number of carbonyl (C=O) groups is 1. The van der Waals surface area contributed by atoms with E-state index in [-0.39, 0.29) is 12.5 Å². The van der Waals surface area contributed by atoms with E-state index in [0.29, 0.717) is 36.2 Å². The van der Waals surface area contributed by atoms with E-state index < -0.39 is 11.2 Å². The molecule has 0 bridgehead atoms. The van der Waals surface area contributed by atoms with Crippen molar-refractivity contribution in [3.8, 4) is 0 Å². The Hall–Kier alpha value is -2.71. The summed E-state index contributed by atoms with van der Waals surface area (Å²) in [6.07, 6.45) is 6.40. The summed E-state index contributed by atoms with van der Waals surface area (Å²) in [5.74, 6) is 1.30. The molecule has 2 aromatic heterocycles. The lowest BCUT2D eigenvalue weighted by molar-refractivity contribution is -0.121. The zero-order valence-corrected chi connectivity index (χ0v) is 14.1. The van der Waals surface area contributed by atoms with Gasteiger partial charge in [-0.2, -0.15) is 4.98 Å². The van der Waals surface area contributed by atoms with Crippen LogP contribution in [0.3, 0.4) is 0 Å². The van der Waals surface area contributed by atoms with Crippen LogP contribution in [0.4, 0.5) is 0 Å². The van der Waals surface area contributed by atoms with Crippen LogP contribution < -0.4 is 16.6 Å². The highest BCUT2D eigenvalue weighted by Crippen LogP contribution is 2.32. The first-order valence-electron chi connectivity index (χ1n) is 8.42. The van der Waals surface area contributed by atoms with Gasteiger partial charge in [0.25, 0.3) is 5.56 Å². The maximum absolute atomic E-state index is 11.9. The molecular formula is C16H21N5O4. The largest absolute Gasteiger partial charge is 0.354 e. The molecule has 3 rings (SSSR count). The van der Waals surface area contributed by atoms with E-state index >= 15 is 0 Å². The van der Waals surface area contributed by atoms with Crippen LogP contribution >= 0.6 is 0 Å². The Kier molecular flexibility index (Phi) is 5.11. The number of aromatic nitrogens is 4. The molecule has 1 aliphatic rings. The average molecular weight is 347 g/mol. The van der Waals surface area contributed by atoms with E-state index in [1.54, 1.807) is 6.92 Å². The zero-order valence-electron chi connectivity index (χ0n) is 14.1. The van der Waals surface area contributed by atoms with Crippen LogP contribution in [0.1, 0.15) is 48.9 Å². The fraction of sp³-hybridized carbons (Fsp3) is 0.562. The van der Waals surface area contributed by atoms with Gasteiger partial charge in [0.2, 0.25) is 11.8 Å². The van der Waals surface area contributed by atoms with Gasteiger partial charge in [-0.25, -0.2) is 4.79 Å². The first kappa shape index (κ1) is 17.1. The van der Waals surface area contributed by atoms with Crippen molar-refractivity contribution in [1.82, 2.24) is 25.0 Å². The predicted molar refractivity (Wildman–Crippen MR) is 88.3 cm³/mol. The second kappa shape index (κ2) is 7.45. The van der Waals surface area contributed by atoms with E-state index in [9.17, 15) is 14.4 Å². The van der Waals surface area contributed by atoms with E-state index in [1.165, 1.54) is 23.6 Å². The third kappa shape index (κ3) is 4.23. The molecule has 0 aromatic carbocycles. The fourth-order valence-electron chi connectivity index (χ4n) is 2.97. The molecule has 0 radical (unpaired) electrons. The van der Waals surface area contributed by atoms with Crippen molar-refractivity contribution in [3.05, 3.63) is 44.3 Å². The van der Waals surface area contributed by atoms with E-state index in [2.05, 4.69) is 20.4 Å². The van der Waals surface area contributed by atoms with Crippen molar-refractivity contribution < 1.29 is 9.32 Å². The summed E-state index contributed by atoms with van der Waals surface area (Å²) in [6.45, 7) is 1.76. The summed E-state index contributed by atoms with van der Waals surface area (Å²) in [4.78, 5) is 41.4. The third-order valence-electron chi connectivity index (χ3n) is 4.36. The van der Waals surface area contributed by atoms with Gasteiger partial charge >= 0.3 is 5.69 Å². The van der Waals surface area contributed by atoms with Crippen LogP contribution in [0.2, 0.25) is 0 Å². The number of aryl methyl sites for hydroxylation is 1. The summed E-state index contributed by atoms with van der Waals surface area (Å²) >= 11 is 0. The Bertz CT molecular complexity index is 860. The fourth-order valence-corrected chi connectivity index (χ4v) is 2.97. The zero-order chi connectivity index (χ0) is 17.8. The lowest BCUT2D eigenvalue weighted by Crippen LogP contribution is -2.37. The smallest absolute Gasteiger partial charge is 0.328 e. The number of aromatic amines is 1. The summed E-state index contributed by atoms with van der Waals surface area (Å²) < 4.78 is 6.45. The Morgan fingerprint density at radius 2 is 2.16 bits per heavy atom. The van der Waals surface area contributed by atoms with E-state index in [0.717, 1.165) is 12.8 Å². The van der Waals surface area contributed by atoms with Gasteiger partial charge in [-0.3, -0.25) is 19.1 Å². The van der Waals surface area contributed by atoms with Gasteiger partial charge in [-0.15, -0.1) is 0 Å². The number of rotatable bonds is 6. The molecule has 0 saturated heterocycles. The number of nitrogens with zero attached hydrogens (tertiary/aromatic N) is 3. The van der Waals surface area contributed by atoms with E-state index in [1.807, 2.05) is 0 Å². The van der Waals surface area contributed by atoms with Gasteiger partial charge in [0.15, 0.2) is 5.82 Å². The van der Waals surface area contributed by atoms with Crippen molar-refractivity contribution in [1.29, 1.82) is 0 Å². The standard InChI is InChI=1S/C16H21N5O4/c1-10-8-21(16(24)19-14(10)23)9-13(22)17-7-6-12-18-15(25-20-12)11-4-2-3-5-11/h8,11H,2-7,9H2,1H3,(H,17,22)(H,19,23,24). The van der Waals surface area contributed by atoms with Gasteiger partial charge in [-0.1, -0.05) is 18.0 Å². The molecule has 0 unspecified atom stereocenters. The van der Waals surface area contributed by atoms with Crippen molar-refractivity contribution >= 4 is 5.91 Å². The number of hydrogen-bond donors (Lipinski definition) is 2. The summed E-state index contributed by atoms with van der Waals surface area (Å²) in [6, 6.07) is 0. The number of amides is 1. The Morgan fingerprint density at radius 3 is 2.92 bits per heavy atom. The molecule has 9 nitrogen and oxygen atoms in total. The second-order valence-corrected chi connectivity index (χ2v) is 6.33. The minimum Gasteiger partial charge on any atom is -0.354 e. The topological polar surface area (TPSA) is 123 Å². The minimum absolute atomic E-state index is 0.157. The van der Waals surface area contributed by atoms with Crippen LogP contribution in [0.5, 0.6) is 0 Å². The highest BCUT2D eigenvalue weighted by atomic mass is 16.5. The molecule has 2 heterocycles. The predicted octanol–water partition coefficient (Wildman–Crippen LogP) is 0.245. The SMILES string of the molecule is Cc1cn(CC(=O)NCCc2noc(C3CCCC3)n2)c(=O)[nH]c1=O. The first-order valence-corrected chi connectivity index (χ1v) is 8.42. The molecular weight excluding hydrogens is 326 g/mol. The molecule has 1 fully saturated rings. The molecule has 9 heteroatoms. The maximum atomic E-state index is 11.9. The quantitative estimate of drug-likeness (QED) is 0.772. The number of H-pyrrole nitrogens is 1. The van der Waals surface area contributed by atoms with Gasteiger partial charge in [0.05, 0.1) is 0 Å². The molecule has 1 aliphatic carbocycles. The Balaban J connectivity index is 1.49.